The second-order valence-corrected chi connectivity index (χ2v) is 5.00. The van der Waals surface area contributed by atoms with Crippen molar-refractivity contribution in [3.05, 3.63) is 47.2 Å². The summed E-state index contributed by atoms with van der Waals surface area (Å²) >= 11 is 0. The maximum Gasteiger partial charge on any atom is 0.295 e. The van der Waals surface area contributed by atoms with Crippen molar-refractivity contribution in [3.63, 3.8) is 0 Å². The summed E-state index contributed by atoms with van der Waals surface area (Å²) in [5.41, 5.74) is 0. The highest BCUT2D eigenvalue weighted by atomic mass is 16.7. The van der Waals surface area contributed by atoms with Crippen LogP contribution < -0.4 is 0 Å². The molecule has 23 heavy (non-hydrogen) atoms. The van der Waals surface area contributed by atoms with Crippen molar-refractivity contribution >= 4 is 5.91 Å². The zero-order valence-electron chi connectivity index (χ0n) is 12.2. The first-order chi connectivity index (χ1) is 11.1. The second kappa shape index (κ2) is 6.77. The summed E-state index contributed by atoms with van der Waals surface area (Å²) in [7, 11) is 0. The van der Waals surface area contributed by atoms with E-state index in [1.807, 2.05) is 0 Å². The molecule has 0 spiro atoms. The number of morpholine rings is 1. The molecule has 0 aliphatic carbocycles. The van der Waals surface area contributed by atoms with Crippen LogP contribution in [0.4, 0.5) is 0 Å². The first-order valence-electron chi connectivity index (χ1n) is 7.03. The lowest BCUT2D eigenvalue weighted by Gasteiger charge is -2.28. The molecule has 1 atom stereocenters. The Balaban J connectivity index is 1.56. The minimum atomic E-state index is -0.647. The number of allylic oxidation sites excluding steroid dienone is 1. The van der Waals surface area contributed by atoms with Crippen LogP contribution in [-0.4, -0.2) is 59.4 Å². The Labute approximate surface area is 131 Å². The first kappa shape index (κ1) is 15.5. The van der Waals surface area contributed by atoms with Crippen LogP contribution in [0.2, 0.25) is 0 Å². The Bertz CT molecular complexity index is 581. The molecule has 2 saturated heterocycles. The predicted octanol–water partition coefficient (Wildman–Crippen LogP) is 0.0220. The molecule has 3 aliphatic heterocycles. The van der Waals surface area contributed by atoms with Gasteiger partial charge in [0.25, 0.3) is 12.1 Å². The van der Waals surface area contributed by atoms with E-state index in [1.165, 1.54) is 25.1 Å². The molecule has 3 rings (SSSR count). The van der Waals surface area contributed by atoms with Gasteiger partial charge in [0.2, 0.25) is 0 Å². The van der Waals surface area contributed by atoms with Gasteiger partial charge >= 0.3 is 0 Å². The Hall–Kier alpha value is -2.43. The van der Waals surface area contributed by atoms with Gasteiger partial charge in [-0.2, -0.15) is 10.8 Å². The van der Waals surface area contributed by atoms with Crippen molar-refractivity contribution in [2.45, 2.75) is 6.10 Å². The number of nitrogens with zero attached hydrogens (tertiary/aromatic N) is 4. The number of nitro groups is 1. The zero-order chi connectivity index (χ0) is 16.2. The number of carbonyl (C=O) groups is 1. The summed E-state index contributed by atoms with van der Waals surface area (Å²) in [6.07, 6.45) is 2.84. The normalized spacial score (nSPS) is 28.4. The van der Waals surface area contributed by atoms with Gasteiger partial charge in [-0.05, 0) is 5.11 Å². The van der Waals surface area contributed by atoms with Crippen LogP contribution >= 0.6 is 0 Å². The third-order valence-corrected chi connectivity index (χ3v) is 3.46. The number of ether oxygens (including phenoxy) is 3. The summed E-state index contributed by atoms with van der Waals surface area (Å²) in [5, 5.41) is 14.4. The highest BCUT2D eigenvalue weighted by Gasteiger charge is 2.32. The van der Waals surface area contributed by atoms with Crippen molar-refractivity contribution in [3.8, 4) is 0 Å². The maximum absolute atomic E-state index is 12.2. The van der Waals surface area contributed by atoms with Gasteiger partial charge in [-0.1, -0.05) is 0 Å². The van der Waals surface area contributed by atoms with Crippen LogP contribution in [0, 0.1) is 23.1 Å². The fraction of sp³-hybridized carbons (Fsp3) is 0.462. The first-order valence-corrected chi connectivity index (χ1v) is 7.03. The Morgan fingerprint density at radius 1 is 1.57 bits per heavy atom. The van der Waals surface area contributed by atoms with Gasteiger partial charge in [-0.15, -0.1) is 6.08 Å². The average Bonchev–Trinajstić information content (AvgIpc) is 3.15. The summed E-state index contributed by atoms with van der Waals surface area (Å²) in [6.45, 7) is 4.49. The van der Waals surface area contributed by atoms with Gasteiger partial charge in [-0.25, -0.2) is 0 Å². The summed E-state index contributed by atoms with van der Waals surface area (Å²) in [6, 6.07) is 0. The largest absolute Gasteiger partial charge is 0.504 e. The molecule has 0 saturated carbocycles. The predicted molar refractivity (Wildman–Crippen MR) is 72.7 cm³/mol. The second-order valence-electron chi connectivity index (χ2n) is 5.00. The molecule has 124 valence electrons. The molecule has 3 aliphatic rings. The van der Waals surface area contributed by atoms with Crippen molar-refractivity contribution in [2.75, 3.05) is 32.8 Å². The van der Waals surface area contributed by atoms with Crippen molar-refractivity contribution in [2.24, 2.45) is 5.11 Å². The summed E-state index contributed by atoms with van der Waals surface area (Å²) < 4.78 is 16.6. The number of amides is 1. The fourth-order valence-electron chi connectivity index (χ4n) is 2.24. The quantitative estimate of drug-likeness (QED) is 0.311. The SMILES string of the molecule is O=C1C(CN2CCOCC2)O[CH-][N+]1=NC=C1C=C[C-]([N+](=O)[O-])O1. The van der Waals surface area contributed by atoms with E-state index in [0.717, 1.165) is 17.8 Å². The minimum Gasteiger partial charge on any atom is -0.504 e. The van der Waals surface area contributed by atoms with E-state index in [0.29, 0.717) is 19.8 Å². The van der Waals surface area contributed by atoms with Gasteiger partial charge < -0.3 is 19.0 Å². The molecule has 0 aromatic heterocycles. The lowest BCUT2D eigenvalue weighted by Crippen LogP contribution is -2.43. The molecular weight excluding hydrogens is 308 g/mol. The molecule has 1 unspecified atom stereocenters. The number of carbonyl (C=O) groups excluding carboxylic acids is 1. The molecule has 10 nitrogen and oxygen atoms in total. The standard InChI is InChI=1S/C13H15N4O6/c18-13-11(8-15-3-5-21-6-4-15)22-9-16(13)14-7-10-1-2-12(23-10)17(19)20/h1-2,7,9,11H,3-6,8H2/q-1. The third-order valence-electron chi connectivity index (χ3n) is 3.46. The molecule has 0 bridgehead atoms. The molecule has 3 heterocycles. The fourth-order valence-corrected chi connectivity index (χ4v) is 2.24. The van der Waals surface area contributed by atoms with Crippen LogP contribution in [0.5, 0.6) is 0 Å². The highest BCUT2D eigenvalue weighted by Crippen LogP contribution is 2.21. The number of hydrogen-bond acceptors (Lipinski definition) is 8. The Morgan fingerprint density at radius 2 is 2.35 bits per heavy atom. The average molecular weight is 323 g/mol. The zero-order valence-corrected chi connectivity index (χ0v) is 12.2. The molecule has 0 radical (unpaired) electrons. The van der Waals surface area contributed by atoms with Crippen molar-refractivity contribution in [1.29, 1.82) is 0 Å². The molecule has 0 aromatic carbocycles. The minimum absolute atomic E-state index is 0.175. The lowest BCUT2D eigenvalue weighted by atomic mass is 10.3. The summed E-state index contributed by atoms with van der Waals surface area (Å²) in [5.74, 6) is -0.122. The molecular formula is C13H15N4O6-. The topological polar surface area (TPSA) is 107 Å². The van der Waals surface area contributed by atoms with Gasteiger partial charge in [0.05, 0.1) is 19.0 Å². The Morgan fingerprint density at radius 3 is 3.04 bits per heavy atom. The highest BCUT2D eigenvalue weighted by molar-refractivity contribution is 5.74. The number of rotatable bonds is 4. The van der Waals surface area contributed by atoms with E-state index in [1.54, 1.807) is 0 Å². The van der Waals surface area contributed by atoms with E-state index >= 15 is 0 Å². The van der Waals surface area contributed by atoms with Gasteiger partial charge in [0, 0.05) is 24.6 Å². The van der Waals surface area contributed by atoms with Crippen LogP contribution in [-0.2, 0) is 19.0 Å². The molecule has 0 N–H and O–H groups in total. The van der Waals surface area contributed by atoms with Gasteiger partial charge in [-0.3, -0.25) is 15.0 Å². The Kier molecular flexibility index (Phi) is 4.55. The van der Waals surface area contributed by atoms with E-state index in [9.17, 15) is 14.9 Å². The van der Waals surface area contributed by atoms with Gasteiger partial charge in [0.1, 0.15) is 12.3 Å². The molecule has 10 heteroatoms. The van der Waals surface area contributed by atoms with Crippen LogP contribution in [0.25, 0.3) is 0 Å². The number of hydrogen-bond donors (Lipinski definition) is 0. The van der Waals surface area contributed by atoms with Crippen molar-refractivity contribution < 1.29 is 28.6 Å². The van der Waals surface area contributed by atoms with Gasteiger partial charge in [0.15, 0.2) is 6.73 Å². The monoisotopic (exact) mass is 323 g/mol. The van der Waals surface area contributed by atoms with Crippen LogP contribution in [0.3, 0.4) is 0 Å². The van der Waals surface area contributed by atoms with Crippen molar-refractivity contribution in [1.82, 2.24) is 4.90 Å². The smallest absolute Gasteiger partial charge is 0.295 e. The van der Waals surface area contributed by atoms with Crippen LogP contribution in [0.1, 0.15) is 0 Å². The van der Waals surface area contributed by atoms with E-state index < -0.39 is 11.0 Å². The lowest BCUT2D eigenvalue weighted by molar-refractivity contribution is -0.494. The van der Waals surface area contributed by atoms with E-state index in [4.69, 9.17) is 14.2 Å². The maximum atomic E-state index is 12.2. The molecule has 1 amide bonds. The van der Waals surface area contributed by atoms with E-state index in [2.05, 4.69) is 10.0 Å². The molecule has 0 aromatic rings. The van der Waals surface area contributed by atoms with E-state index in [-0.39, 0.29) is 17.9 Å². The molecule has 2 fully saturated rings. The number of azo groups is 2. The summed E-state index contributed by atoms with van der Waals surface area (Å²) in [4.78, 5) is 24.1. The third kappa shape index (κ3) is 3.67. The van der Waals surface area contributed by atoms with Crippen LogP contribution in [0.15, 0.2) is 29.2 Å².